The van der Waals surface area contributed by atoms with Crippen molar-refractivity contribution >= 4 is 16.9 Å². The number of piperazine rings is 1. The molecule has 1 aliphatic heterocycles. The SMILES string of the molecule is CN1CCN([C@H]2CC[C@@H](n3nc(-c4ccc(OCc5ccccc5)cc4)c4c(N)ncnc43)CC2)CC1. The average Bonchev–Trinajstić information content (AvgIpc) is 3.34. The van der Waals surface area contributed by atoms with Gasteiger partial charge in [0, 0.05) is 37.8 Å². The van der Waals surface area contributed by atoms with E-state index in [2.05, 4.69) is 43.6 Å². The van der Waals surface area contributed by atoms with Gasteiger partial charge in [-0.3, -0.25) is 4.90 Å². The van der Waals surface area contributed by atoms with E-state index in [4.69, 9.17) is 15.6 Å². The number of hydrogen-bond donors (Lipinski definition) is 1. The quantitative estimate of drug-likeness (QED) is 0.423. The van der Waals surface area contributed by atoms with Crippen LogP contribution in [0.4, 0.5) is 5.82 Å². The highest BCUT2D eigenvalue weighted by Crippen LogP contribution is 2.37. The second-order valence-corrected chi connectivity index (χ2v) is 10.4. The number of aromatic nitrogens is 4. The predicted molar refractivity (Wildman–Crippen MR) is 146 cm³/mol. The van der Waals surface area contributed by atoms with Crippen LogP contribution in [0.3, 0.4) is 0 Å². The van der Waals surface area contributed by atoms with Gasteiger partial charge >= 0.3 is 0 Å². The van der Waals surface area contributed by atoms with Crippen molar-refractivity contribution in [1.29, 1.82) is 0 Å². The van der Waals surface area contributed by atoms with Crippen LogP contribution in [0, 0.1) is 0 Å². The lowest BCUT2D eigenvalue weighted by Gasteiger charge is -2.41. The van der Waals surface area contributed by atoms with Gasteiger partial charge in [-0.2, -0.15) is 5.10 Å². The van der Waals surface area contributed by atoms with E-state index in [-0.39, 0.29) is 0 Å². The molecule has 0 amide bonds. The lowest BCUT2D eigenvalue weighted by Crippen LogP contribution is -2.49. The molecule has 2 fully saturated rings. The summed E-state index contributed by atoms with van der Waals surface area (Å²) in [6.07, 6.45) is 6.14. The van der Waals surface area contributed by atoms with Crippen LogP contribution in [-0.4, -0.2) is 68.8 Å². The van der Waals surface area contributed by atoms with Gasteiger partial charge < -0.3 is 15.4 Å². The Hall–Kier alpha value is -3.49. The minimum absolute atomic E-state index is 0.322. The van der Waals surface area contributed by atoms with Crippen LogP contribution in [0.25, 0.3) is 22.3 Å². The summed E-state index contributed by atoms with van der Waals surface area (Å²) in [6.45, 7) is 5.22. The number of ether oxygens (including phenoxy) is 1. The van der Waals surface area contributed by atoms with Gasteiger partial charge in [0.2, 0.25) is 0 Å². The van der Waals surface area contributed by atoms with Crippen LogP contribution in [0.2, 0.25) is 0 Å². The zero-order valence-electron chi connectivity index (χ0n) is 21.5. The zero-order valence-corrected chi connectivity index (χ0v) is 21.5. The van der Waals surface area contributed by atoms with Crippen LogP contribution in [0.1, 0.15) is 37.3 Å². The van der Waals surface area contributed by atoms with Crippen molar-refractivity contribution in [2.45, 2.75) is 44.4 Å². The lowest BCUT2D eigenvalue weighted by molar-refractivity contribution is 0.0815. The number of benzene rings is 2. The van der Waals surface area contributed by atoms with Crippen molar-refractivity contribution < 1.29 is 4.74 Å². The van der Waals surface area contributed by atoms with Crippen LogP contribution in [0.5, 0.6) is 5.75 Å². The summed E-state index contributed by atoms with van der Waals surface area (Å²) in [4.78, 5) is 14.0. The molecular formula is C29H35N7O. The number of nitrogens with two attached hydrogens (primary N) is 1. The van der Waals surface area contributed by atoms with E-state index in [1.807, 2.05) is 42.5 Å². The summed E-state index contributed by atoms with van der Waals surface area (Å²) in [5.41, 5.74) is 10.2. The summed E-state index contributed by atoms with van der Waals surface area (Å²) < 4.78 is 8.09. The Morgan fingerprint density at radius 2 is 1.57 bits per heavy atom. The van der Waals surface area contributed by atoms with Crippen molar-refractivity contribution in [1.82, 2.24) is 29.5 Å². The topological polar surface area (TPSA) is 85.3 Å². The Balaban J connectivity index is 1.20. The molecule has 3 heterocycles. The number of likely N-dealkylation sites (N-methyl/N-ethyl adjacent to an activating group) is 1. The molecule has 0 unspecified atom stereocenters. The maximum atomic E-state index is 6.37. The third kappa shape index (κ3) is 5.04. The second kappa shape index (κ2) is 10.5. The molecule has 1 saturated heterocycles. The molecule has 2 N–H and O–H groups in total. The van der Waals surface area contributed by atoms with Gasteiger partial charge in [0.1, 0.15) is 30.2 Å². The molecule has 0 bridgehead atoms. The van der Waals surface area contributed by atoms with Crippen molar-refractivity contribution in [3.63, 3.8) is 0 Å². The predicted octanol–water partition coefficient (Wildman–Crippen LogP) is 4.39. The highest BCUT2D eigenvalue weighted by Gasteiger charge is 2.30. The number of anilines is 1. The van der Waals surface area contributed by atoms with E-state index in [0.29, 0.717) is 24.5 Å². The Morgan fingerprint density at radius 3 is 2.30 bits per heavy atom. The fourth-order valence-electron chi connectivity index (χ4n) is 5.76. The summed E-state index contributed by atoms with van der Waals surface area (Å²) in [5, 5.41) is 5.92. The molecule has 0 radical (unpaired) electrons. The van der Waals surface area contributed by atoms with Gasteiger partial charge in [0.15, 0.2) is 5.65 Å². The first-order valence-electron chi connectivity index (χ1n) is 13.3. The number of hydrogen-bond acceptors (Lipinski definition) is 7. The fourth-order valence-corrected chi connectivity index (χ4v) is 5.76. The molecule has 1 saturated carbocycles. The molecule has 192 valence electrons. The monoisotopic (exact) mass is 497 g/mol. The minimum atomic E-state index is 0.322. The summed E-state index contributed by atoms with van der Waals surface area (Å²) >= 11 is 0. The molecule has 2 aromatic carbocycles. The number of rotatable bonds is 6. The Morgan fingerprint density at radius 1 is 0.865 bits per heavy atom. The van der Waals surface area contributed by atoms with Gasteiger partial charge in [-0.05, 0) is 62.6 Å². The molecule has 0 atom stereocenters. The third-order valence-corrected chi connectivity index (χ3v) is 7.96. The van der Waals surface area contributed by atoms with Crippen LogP contribution in [-0.2, 0) is 6.61 Å². The highest BCUT2D eigenvalue weighted by molar-refractivity contribution is 5.98. The smallest absolute Gasteiger partial charge is 0.164 e. The molecule has 1 aliphatic carbocycles. The lowest BCUT2D eigenvalue weighted by atomic mass is 9.90. The number of nitrogen functional groups attached to an aromatic ring is 1. The van der Waals surface area contributed by atoms with Gasteiger partial charge in [-0.1, -0.05) is 30.3 Å². The van der Waals surface area contributed by atoms with Crippen molar-refractivity contribution in [2.24, 2.45) is 0 Å². The van der Waals surface area contributed by atoms with Gasteiger partial charge in [-0.25, -0.2) is 14.6 Å². The third-order valence-electron chi connectivity index (χ3n) is 7.96. The summed E-state index contributed by atoms with van der Waals surface area (Å²) in [7, 11) is 2.22. The summed E-state index contributed by atoms with van der Waals surface area (Å²) in [5.74, 6) is 1.30. The summed E-state index contributed by atoms with van der Waals surface area (Å²) in [6, 6.07) is 19.3. The van der Waals surface area contributed by atoms with E-state index < -0.39 is 0 Å². The Kier molecular flexibility index (Phi) is 6.76. The molecule has 0 spiro atoms. The molecule has 4 aromatic rings. The molecule has 8 heteroatoms. The fraction of sp³-hybridized carbons (Fsp3) is 0.414. The normalized spacial score (nSPS) is 21.3. The molecule has 2 aliphatic rings. The van der Waals surface area contributed by atoms with E-state index >= 15 is 0 Å². The Labute approximate surface area is 218 Å². The van der Waals surface area contributed by atoms with Crippen molar-refractivity contribution in [2.75, 3.05) is 39.0 Å². The van der Waals surface area contributed by atoms with Crippen molar-refractivity contribution in [3.8, 4) is 17.0 Å². The molecule has 2 aromatic heterocycles. The first-order chi connectivity index (χ1) is 18.2. The van der Waals surface area contributed by atoms with Crippen LogP contribution in [0.15, 0.2) is 60.9 Å². The second-order valence-electron chi connectivity index (χ2n) is 10.4. The van der Waals surface area contributed by atoms with Gasteiger partial charge in [-0.15, -0.1) is 0 Å². The van der Waals surface area contributed by atoms with Crippen LogP contribution < -0.4 is 10.5 Å². The van der Waals surface area contributed by atoms with Crippen LogP contribution >= 0.6 is 0 Å². The zero-order chi connectivity index (χ0) is 25.2. The molecule has 37 heavy (non-hydrogen) atoms. The Bertz CT molecular complexity index is 1320. The molecule has 8 nitrogen and oxygen atoms in total. The van der Waals surface area contributed by atoms with Crippen molar-refractivity contribution in [3.05, 3.63) is 66.5 Å². The number of fused-ring (bicyclic) bond motifs is 1. The standard InChI is InChI=1S/C29H35N7O/c1-34-15-17-35(18-16-34)23-9-11-24(12-10-23)36-29-26(28(30)31-20-32-29)27(33-36)22-7-13-25(14-8-22)37-19-21-5-3-2-4-6-21/h2-8,13-14,20,23-24H,9-12,15-19H2,1H3,(H2,30,31,32)/t23-,24+. The molecular weight excluding hydrogens is 462 g/mol. The van der Waals surface area contributed by atoms with E-state index in [1.165, 1.54) is 39.0 Å². The largest absolute Gasteiger partial charge is 0.489 e. The number of nitrogens with zero attached hydrogens (tertiary/aromatic N) is 6. The van der Waals surface area contributed by atoms with Gasteiger partial charge in [0.25, 0.3) is 0 Å². The first kappa shape index (κ1) is 23.9. The molecule has 6 rings (SSSR count). The first-order valence-corrected chi connectivity index (χ1v) is 13.3. The highest BCUT2D eigenvalue weighted by atomic mass is 16.5. The van der Waals surface area contributed by atoms with Gasteiger partial charge in [0.05, 0.1) is 11.4 Å². The average molecular weight is 498 g/mol. The van der Waals surface area contributed by atoms with E-state index in [9.17, 15) is 0 Å². The maximum Gasteiger partial charge on any atom is 0.164 e. The minimum Gasteiger partial charge on any atom is -0.489 e. The maximum absolute atomic E-state index is 6.37. The van der Waals surface area contributed by atoms with E-state index in [0.717, 1.165) is 46.4 Å². The van der Waals surface area contributed by atoms with E-state index in [1.54, 1.807) is 6.33 Å².